The predicted octanol–water partition coefficient (Wildman–Crippen LogP) is 5.04. The van der Waals surface area contributed by atoms with Crippen molar-refractivity contribution in [3.8, 4) is 0 Å². The molecule has 0 aliphatic carbocycles. The Morgan fingerprint density at radius 3 is 2.70 bits per heavy atom. The topological polar surface area (TPSA) is 12.0 Å². The molecule has 0 radical (unpaired) electrons. The maximum atomic E-state index is 3.69. The fourth-order valence-corrected chi connectivity index (χ4v) is 3.29. The van der Waals surface area contributed by atoms with Crippen LogP contribution in [-0.4, -0.2) is 6.54 Å². The molecule has 0 bridgehead atoms. The first-order valence-electron chi connectivity index (χ1n) is 7.53. The monoisotopic (exact) mass is 287 g/mol. The van der Waals surface area contributed by atoms with Gasteiger partial charge in [-0.05, 0) is 62.2 Å². The highest BCUT2D eigenvalue weighted by molar-refractivity contribution is 7.10. The Bertz CT molecular complexity index is 530. The van der Waals surface area contributed by atoms with Crippen molar-refractivity contribution in [1.82, 2.24) is 5.32 Å². The van der Waals surface area contributed by atoms with Gasteiger partial charge in [-0.2, -0.15) is 0 Å². The number of rotatable bonds is 7. The Labute approximate surface area is 127 Å². The minimum Gasteiger partial charge on any atom is -0.310 e. The molecule has 0 aliphatic heterocycles. The Morgan fingerprint density at radius 2 is 2.05 bits per heavy atom. The summed E-state index contributed by atoms with van der Waals surface area (Å²) < 4.78 is 0. The lowest BCUT2D eigenvalue weighted by Gasteiger charge is -2.17. The van der Waals surface area contributed by atoms with Gasteiger partial charge in [-0.1, -0.05) is 36.8 Å². The average molecular weight is 287 g/mol. The summed E-state index contributed by atoms with van der Waals surface area (Å²) in [5, 5.41) is 6.00. The number of aryl methyl sites for hydroxylation is 3. The molecule has 0 saturated heterocycles. The molecular weight excluding hydrogens is 262 g/mol. The highest BCUT2D eigenvalue weighted by atomic mass is 32.1. The lowest BCUT2D eigenvalue weighted by molar-refractivity contribution is 0.500. The maximum absolute atomic E-state index is 3.69. The summed E-state index contributed by atoms with van der Waals surface area (Å²) in [6, 6.07) is 11.7. The molecular formula is C18H25NS. The van der Waals surface area contributed by atoms with Crippen LogP contribution in [0.4, 0.5) is 0 Å². The Hall–Kier alpha value is -1.12. The SMILES string of the molecule is CCCNC(CCc1cccc(C)c1)c1csc(C)c1. The normalized spacial score (nSPS) is 12.6. The number of hydrogen-bond donors (Lipinski definition) is 1. The number of benzene rings is 1. The first-order chi connectivity index (χ1) is 9.69. The number of nitrogens with one attached hydrogen (secondary N) is 1. The highest BCUT2D eigenvalue weighted by Crippen LogP contribution is 2.24. The molecule has 2 heteroatoms. The quantitative estimate of drug-likeness (QED) is 0.752. The van der Waals surface area contributed by atoms with Crippen LogP contribution in [0.5, 0.6) is 0 Å². The first-order valence-corrected chi connectivity index (χ1v) is 8.41. The van der Waals surface area contributed by atoms with Gasteiger partial charge in [0.2, 0.25) is 0 Å². The molecule has 1 heterocycles. The lowest BCUT2D eigenvalue weighted by Crippen LogP contribution is -2.22. The van der Waals surface area contributed by atoms with Gasteiger partial charge in [-0.3, -0.25) is 0 Å². The van der Waals surface area contributed by atoms with Crippen LogP contribution in [0.15, 0.2) is 35.7 Å². The van der Waals surface area contributed by atoms with Crippen molar-refractivity contribution in [1.29, 1.82) is 0 Å². The van der Waals surface area contributed by atoms with Gasteiger partial charge in [-0.25, -0.2) is 0 Å². The van der Waals surface area contributed by atoms with Crippen molar-refractivity contribution in [2.24, 2.45) is 0 Å². The van der Waals surface area contributed by atoms with Crippen LogP contribution in [-0.2, 0) is 6.42 Å². The van der Waals surface area contributed by atoms with E-state index in [1.807, 2.05) is 11.3 Å². The van der Waals surface area contributed by atoms with E-state index in [2.05, 4.69) is 61.8 Å². The van der Waals surface area contributed by atoms with Crippen LogP contribution in [0.1, 0.15) is 47.4 Å². The van der Waals surface area contributed by atoms with E-state index in [4.69, 9.17) is 0 Å². The molecule has 0 amide bonds. The van der Waals surface area contributed by atoms with Gasteiger partial charge >= 0.3 is 0 Å². The molecule has 1 atom stereocenters. The molecule has 108 valence electrons. The van der Waals surface area contributed by atoms with Crippen LogP contribution in [0.3, 0.4) is 0 Å². The number of hydrogen-bond acceptors (Lipinski definition) is 2. The van der Waals surface area contributed by atoms with Crippen molar-refractivity contribution in [2.75, 3.05) is 6.54 Å². The predicted molar refractivity (Wildman–Crippen MR) is 89.6 cm³/mol. The van der Waals surface area contributed by atoms with E-state index in [9.17, 15) is 0 Å². The lowest BCUT2D eigenvalue weighted by atomic mass is 9.99. The Kier molecular flexibility index (Phi) is 5.81. The molecule has 1 N–H and O–H groups in total. The second kappa shape index (κ2) is 7.61. The molecule has 0 aliphatic rings. The molecule has 1 nitrogen and oxygen atoms in total. The Balaban J connectivity index is 2.00. The molecule has 1 unspecified atom stereocenters. The zero-order valence-corrected chi connectivity index (χ0v) is 13.6. The minimum atomic E-state index is 0.486. The molecule has 0 fully saturated rings. The van der Waals surface area contributed by atoms with E-state index in [1.165, 1.54) is 34.4 Å². The molecule has 20 heavy (non-hydrogen) atoms. The summed E-state index contributed by atoms with van der Waals surface area (Å²) in [6.07, 6.45) is 3.49. The minimum absolute atomic E-state index is 0.486. The smallest absolute Gasteiger partial charge is 0.0331 e. The first kappa shape index (κ1) is 15.3. The summed E-state index contributed by atoms with van der Waals surface area (Å²) in [5.41, 5.74) is 4.25. The zero-order chi connectivity index (χ0) is 14.4. The third kappa shape index (κ3) is 4.46. The molecule has 1 aromatic carbocycles. The summed E-state index contributed by atoms with van der Waals surface area (Å²) in [4.78, 5) is 1.40. The second-order valence-corrected chi connectivity index (χ2v) is 6.64. The van der Waals surface area contributed by atoms with Crippen molar-refractivity contribution in [2.45, 2.75) is 46.1 Å². The van der Waals surface area contributed by atoms with E-state index in [1.54, 1.807) is 0 Å². The van der Waals surface area contributed by atoms with Gasteiger partial charge in [0.05, 0.1) is 0 Å². The second-order valence-electron chi connectivity index (χ2n) is 5.53. The fourth-order valence-electron chi connectivity index (χ4n) is 2.53. The number of thiophene rings is 1. The Morgan fingerprint density at radius 1 is 1.20 bits per heavy atom. The molecule has 0 spiro atoms. The summed E-state index contributed by atoms with van der Waals surface area (Å²) >= 11 is 1.85. The standard InChI is InChI=1S/C18H25NS/c1-4-10-19-18(17-12-15(3)20-13-17)9-8-16-7-5-6-14(2)11-16/h5-7,11-13,18-19H,4,8-10H2,1-3H3. The van der Waals surface area contributed by atoms with Gasteiger partial charge in [0.25, 0.3) is 0 Å². The van der Waals surface area contributed by atoms with E-state index in [-0.39, 0.29) is 0 Å². The van der Waals surface area contributed by atoms with E-state index >= 15 is 0 Å². The van der Waals surface area contributed by atoms with Gasteiger partial charge in [0.1, 0.15) is 0 Å². The van der Waals surface area contributed by atoms with Crippen LogP contribution in [0, 0.1) is 13.8 Å². The largest absolute Gasteiger partial charge is 0.310 e. The van der Waals surface area contributed by atoms with Crippen LogP contribution < -0.4 is 5.32 Å². The molecule has 2 aromatic rings. The maximum Gasteiger partial charge on any atom is 0.0331 e. The van der Waals surface area contributed by atoms with Crippen molar-refractivity contribution in [3.63, 3.8) is 0 Å². The van der Waals surface area contributed by atoms with E-state index < -0.39 is 0 Å². The van der Waals surface area contributed by atoms with Crippen LogP contribution in [0.2, 0.25) is 0 Å². The van der Waals surface area contributed by atoms with Crippen molar-refractivity contribution in [3.05, 3.63) is 57.3 Å². The molecule has 0 saturated carbocycles. The average Bonchev–Trinajstić information content (AvgIpc) is 2.85. The summed E-state index contributed by atoms with van der Waals surface area (Å²) in [7, 11) is 0. The van der Waals surface area contributed by atoms with E-state index in [0.29, 0.717) is 6.04 Å². The molecule has 2 rings (SSSR count). The van der Waals surface area contributed by atoms with Crippen molar-refractivity contribution >= 4 is 11.3 Å². The van der Waals surface area contributed by atoms with Crippen molar-refractivity contribution < 1.29 is 0 Å². The third-order valence-corrected chi connectivity index (χ3v) is 4.48. The molecule has 1 aromatic heterocycles. The fraction of sp³-hybridized carbons (Fsp3) is 0.444. The van der Waals surface area contributed by atoms with Gasteiger partial charge in [0.15, 0.2) is 0 Å². The summed E-state index contributed by atoms with van der Waals surface area (Å²) in [6.45, 7) is 7.67. The van der Waals surface area contributed by atoms with Crippen LogP contribution >= 0.6 is 11.3 Å². The third-order valence-electron chi connectivity index (χ3n) is 3.60. The van der Waals surface area contributed by atoms with Crippen LogP contribution in [0.25, 0.3) is 0 Å². The zero-order valence-electron chi connectivity index (χ0n) is 12.8. The van der Waals surface area contributed by atoms with E-state index in [0.717, 1.165) is 13.0 Å². The highest BCUT2D eigenvalue weighted by Gasteiger charge is 2.12. The summed E-state index contributed by atoms with van der Waals surface area (Å²) in [5.74, 6) is 0. The van der Waals surface area contributed by atoms with Gasteiger partial charge in [0, 0.05) is 10.9 Å². The van der Waals surface area contributed by atoms with Gasteiger partial charge < -0.3 is 5.32 Å². The van der Waals surface area contributed by atoms with Gasteiger partial charge in [-0.15, -0.1) is 11.3 Å².